The summed E-state index contributed by atoms with van der Waals surface area (Å²) >= 11 is 3.17. The molecule has 0 saturated heterocycles. The molecule has 1 unspecified atom stereocenters. The van der Waals surface area contributed by atoms with Crippen LogP contribution in [-0.4, -0.2) is 29.3 Å². The highest BCUT2D eigenvalue weighted by atomic mass is 79.9. The van der Waals surface area contributed by atoms with Crippen LogP contribution in [-0.2, 0) is 0 Å². The number of aliphatic hydroxyl groups excluding tert-OH is 1. The van der Waals surface area contributed by atoms with Crippen molar-refractivity contribution < 1.29 is 15.0 Å². The second kappa shape index (κ2) is 8.17. The molecule has 0 fully saturated rings. The van der Waals surface area contributed by atoms with E-state index >= 15 is 0 Å². The third-order valence-corrected chi connectivity index (χ3v) is 3.66. The third-order valence-electron chi connectivity index (χ3n) is 2.99. The molecule has 5 heteroatoms. The number of carbonyl (C=O) groups excluding carboxylic acids is 1. The number of benzene rings is 1. The second-order valence-corrected chi connectivity index (χ2v) is 5.40. The number of aliphatic hydroxyl groups is 1. The summed E-state index contributed by atoms with van der Waals surface area (Å²) in [6.45, 7) is 2.77. The van der Waals surface area contributed by atoms with Crippen molar-refractivity contribution in [2.75, 3.05) is 13.2 Å². The van der Waals surface area contributed by atoms with Gasteiger partial charge in [-0.3, -0.25) is 4.79 Å². The van der Waals surface area contributed by atoms with Crippen LogP contribution in [0.25, 0.3) is 0 Å². The highest BCUT2D eigenvalue weighted by Crippen LogP contribution is 2.24. The molecule has 0 spiro atoms. The Kier molecular flexibility index (Phi) is 6.87. The van der Waals surface area contributed by atoms with E-state index < -0.39 is 0 Å². The highest BCUT2D eigenvalue weighted by molar-refractivity contribution is 9.10. The zero-order chi connectivity index (χ0) is 14.3. The summed E-state index contributed by atoms with van der Waals surface area (Å²) in [4.78, 5) is 11.9. The predicted octanol–water partition coefficient (Wildman–Crippen LogP) is 2.68. The molecule has 4 nitrogen and oxygen atoms in total. The molecule has 0 radical (unpaired) electrons. The fourth-order valence-electron chi connectivity index (χ4n) is 1.93. The number of rotatable bonds is 7. The first-order valence-corrected chi connectivity index (χ1v) is 7.25. The van der Waals surface area contributed by atoms with E-state index in [0.717, 1.165) is 12.8 Å². The van der Waals surface area contributed by atoms with Crippen molar-refractivity contribution in [1.82, 2.24) is 5.32 Å². The van der Waals surface area contributed by atoms with E-state index in [9.17, 15) is 9.90 Å². The molecule has 0 aliphatic rings. The Labute approximate surface area is 122 Å². The van der Waals surface area contributed by atoms with Gasteiger partial charge >= 0.3 is 0 Å². The fourth-order valence-corrected chi connectivity index (χ4v) is 2.18. The SMILES string of the molecule is CCCC(CCO)CNC(=O)c1ccc(Br)c(O)c1. The number of phenols is 1. The maximum Gasteiger partial charge on any atom is 0.251 e. The number of carbonyl (C=O) groups is 1. The van der Waals surface area contributed by atoms with Crippen LogP contribution in [0.15, 0.2) is 22.7 Å². The molecule has 1 atom stereocenters. The molecule has 0 aliphatic carbocycles. The second-order valence-electron chi connectivity index (χ2n) is 4.54. The Morgan fingerprint density at radius 2 is 2.16 bits per heavy atom. The molecular weight excluding hydrogens is 310 g/mol. The molecule has 1 rings (SSSR count). The predicted molar refractivity (Wildman–Crippen MR) is 78.2 cm³/mol. The lowest BCUT2D eigenvalue weighted by molar-refractivity contribution is 0.0942. The van der Waals surface area contributed by atoms with E-state index in [-0.39, 0.29) is 18.3 Å². The van der Waals surface area contributed by atoms with Gasteiger partial charge in [0.15, 0.2) is 0 Å². The Morgan fingerprint density at radius 3 is 2.74 bits per heavy atom. The first-order valence-electron chi connectivity index (χ1n) is 6.46. The molecule has 1 aromatic rings. The van der Waals surface area contributed by atoms with E-state index in [1.54, 1.807) is 12.1 Å². The maximum absolute atomic E-state index is 11.9. The molecule has 0 heterocycles. The summed E-state index contributed by atoms with van der Waals surface area (Å²) in [7, 11) is 0. The molecule has 0 aromatic heterocycles. The highest BCUT2D eigenvalue weighted by Gasteiger charge is 2.11. The minimum atomic E-state index is -0.207. The normalized spacial score (nSPS) is 12.2. The largest absolute Gasteiger partial charge is 0.507 e. The first-order chi connectivity index (χ1) is 9.08. The van der Waals surface area contributed by atoms with Gasteiger partial charge in [0.2, 0.25) is 0 Å². The molecule has 1 aromatic carbocycles. The maximum atomic E-state index is 11.9. The van der Waals surface area contributed by atoms with E-state index in [1.807, 2.05) is 0 Å². The van der Waals surface area contributed by atoms with Crippen LogP contribution in [0.5, 0.6) is 5.75 Å². The van der Waals surface area contributed by atoms with Crippen LogP contribution in [0.4, 0.5) is 0 Å². The Morgan fingerprint density at radius 1 is 1.42 bits per heavy atom. The van der Waals surface area contributed by atoms with Crippen molar-refractivity contribution in [2.45, 2.75) is 26.2 Å². The lowest BCUT2D eigenvalue weighted by atomic mass is 10.00. The van der Waals surface area contributed by atoms with Gasteiger partial charge in [-0.05, 0) is 52.9 Å². The van der Waals surface area contributed by atoms with Crippen molar-refractivity contribution in [3.05, 3.63) is 28.2 Å². The topological polar surface area (TPSA) is 69.6 Å². The van der Waals surface area contributed by atoms with Crippen LogP contribution < -0.4 is 5.32 Å². The molecule has 3 N–H and O–H groups in total. The Hall–Kier alpha value is -1.07. The molecule has 0 saturated carbocycles. The molecule has 0 bridgehead atoms. The van der Waals surface area contributed by atoms with Crippen LogP contribution in [0.2, 0.25) is 0 Å². The molecular formula is C14H20BrNO3. The van der Waals surface area contributed by atoms with Crippen molar-refractivity contribution in [1.29, 1.82) is 0 Å². The summed E-state index contributed by atoms with van der Waals surface area (Å²) in [5.41, 5.74) is 0.431. The van der Waals surface area contributed by atoms with Crippen LogP contribution in [0.1, 0.15) is 36.5 Å². The van der Waals surface area contributed by atoms with Gasteiger partial charge in [-0.2, -0.15) is 0 Å². The number of hydrogen-bond acceptors (Lipinski definition) is 3. The van der Waals surface area contributed by atoms with Gasteiger partial charge in [0.05, 0.1) is 4.47 Å². The summed E-state index contributed by atoms with van der Waals surface area (Å²) in [5, 5.41) is 21.3. The van der Waals surface area contributed by atoms with Gasteiger partial charge in [0.1, 0.15) is 5.75 Å². The minimum Gasteiger partial charge on any atom is -0.507 e. The van der Waals surface area contributed by atoms with E-state index in [1.165, 1.54) is 6.07 Å². The molecule has 0 aliphatic heterocycles. The summed E-state index contributed by atoms with van der Waals surface area (Å²) in [5.74, 6) is 0.137. The first kappa shape index (κ1) is 16.0. The van der Waals surface area contributed by atoms with Crippen molar-refractivity contribution in [3.63, 3.8) is 0 Å². The standard InChI is InChI=1S/C14H20BrNO3/c1-2-3-10(6-7-17)9-16-14(19)11-4-5-12(15)13(18)8-11/h4-5,8,10,17-18H,2-3,6-7,9H2,1H3,(H,16,19). The average Bonchev–Trinajstić information content (AvgIpc) is 2.39. The molecule has 1 amide bonds. The van der Waals surface area contributed by atoms with Gasteiger partial charge < -0.3 is 15.5 Å². The monoisotopic (exact) mass is 329 g/mol. The van der Waals surface area contributed by atoms with Gasteiger partial charge in [-0.15, -0.1) is 0 Å². The lowest BCUT2D eigenvalue weighted by Crippen LogP contribution is -2.29. The van der Waals surface area contributed by atoms with Crippen LogP contribution >= 0.6 is 15.9 Å². The summed E-state index contributed by atoms with van der Waals surface area (Å²) in [6, 6.07) is 4.72. The number of amides is 1. The number of aromatic hydroxyl groups is 1. The lowest BCUT2D eigenvalue weighted by Gasteiger charge is -2.15. The van der Waals surface area contributed by atoms with Crippen LogP contribution in [0.3, 0.4) is 0 Å². The minimum absolute atomic E-state index is 0.0492. The number of halogens is 1. The van der Waals surface area contributed by atoms with E-state index in [2.05, 4.69) is 28.2 Å². The summed E-state index contributed by atoms with van der Waals surface area (Å²) < 4.78 is 0.563. The third kappa shape index (κ3) is 5.20. The van der Waals surface area contributed by atoms with Crippen molar-refractivity contribution >= 4 is 21.8 Å². The van der Waals surface area contributed by atoms with Gasteiger partial charge in [0, 0.05) is 18.7 Å². The van der Waals surface area contributed by atoms with E-state index in [4.69, 9.17) is 5.11 Å². The van der Waals surface area contributed by atoms with Crippen molar-refractivity contribution in [2.24, 2.45) is 5.92 Å². The van der Waals surface area contributed by atoms with Crippen LogP contribution in [0, 0.1) is 5.92 Å². The molecule has 19 heavy (non-hydrogen) atoms. The van der Waals surface area contributed by atoms with E-state index in [0.29, 0.717) is 28.9 Å². The Bertz CT molecular complexity index is 417. The van der Waals surface area contributed by atoms with Gasteiger partial charge in [0.25, 0.3) is 5.91 Å². The fraction of sp³-hybridized carbons (Fsp3) is 0.500. The van der Waals surface area contributed by atoms with Gasteiger partial charge in [-0.25, -0.2) is 0 Å². The zero-order valence-corrected chi connectivity index (χ0v) is 12.6. The smallest absolute Gasteiger partial charge is 0.251 e. The molecule has 106 valence electrons. The number of hydrogen-bond donors (Lipinski definition) is 3. The quantitative estimate of drug-likeness (QED) is 0.720. The summed E-state index contributed by atoms with van der Waals surface area (Å²) in [6.07, 6.45) is 2.70. The average molecular weight is 330 g/mol. The number of nitrogens with one attached hydrogen (secondary N) is 1. The number of phenolic OH excluding ortho intramolecular Hbond substituents is 1. The van der Waals surface area contributed by atoms with Gasteiger partial charge in [-0.1, -0.05) is 13.3 Å². The Balaban J connectivity index is 2.56. The zero-order valence-electron chi connectivity index (χ0n) is 11.0. The van der Waals surface area contributed by atoms with Crippen molar-refractivity contribution in [3.8, 4) is 5.75 Å².